The lowest BCUT2D eigenvalue weighted by Gasteiger charge is -2.41. The van der Waals surface area contributed by atoms with Crippen LogP contribution in [0.5, 0.6) is 0 Å². The van der Waals surface area contributed by atoms with Gasteiger partial charge in [0.25, 0.3) is 0 Å². The van der Waals surface area contributed by atoms with Gasteiger partial charge in [0.05, 0.1) is 24.0 Å². The molecule has 0 aromatic rings. The van der Waals surface area contributed by atoms with Crippen LogP contribution >= 0.6 is 0 Å². The van der Waals surface area contributed by atoms with Crippen molar-refractivity contribution in [1.29, 1.82) is 0 Å². The summed E-state index contributed by atoms with van der Waals surface area (Å²) in [4.78, 5) is 21.6. The highest BCUT2D eigenvalue weighted by Gasteiger charge is 2.43. The van der Waals surface area contributed by atoms with Crippen molar-refractivity contribution in [1.82, 2.24) is 10.3 Å². The number of amides is 2. The van der Waals surface area contributed by atoms with E-state index in [9.17, 15) is 19.9 Å². The van der Waals surface area contributed by atoms with Crippen LogP contribution in [0.2, 0.25) is 0 Å². The molecular formula is C9H17N3O6. The molecule has 0 aromatic heterocycles. The van der Waals surface area contributed by atoms with E-state index in [1.54, 1.807) is 6.92 Å². The standard InChI is InChI=1S/C9H17N3O6/c1-4-6(10-9(16)12(2)11-17)8(15)7(14)5(3-13)18-4/h4-8,13-15H,3H2,1-2H3,(H,10,16)/t4-,5?,6?,7+,8?/m0/s1. The summed E-state index contributed by atoms with van der Waals surface area (Å²) >= 11 is 0. The monoisotopic (exact) mass is 263 g/mol. The van der Waals surface area contributed by atoms with Crippen LogP contribution < -0.4 is 5.32 Å². The van der Waals surface area contributed by atoms with Gasteiger partial charge in [-0.2, -0.15) is 5.01 Å². The van der Waals surface area contributed by atoms with Crippen molar-refractivity contribution in [3.63, 3.8) is 0 Å². The normalized spacial score (nSPS) is 35.9. The molecule has 2 amide bonds. The third-order valence-electron chi connectivity index (χ3n) is 2.88. The van der Waals surface area contributed by atoms with E-state index in [-0.39, 0.29) is 0 Å². The van der Waals surface area contributed by atoms with Gasteiger partial charge in [0.15, 0.2) is 0 Å². The number of hydrogen-bond acceptors (Lipinski definition) is 7. The summed E-state index contributed by atoms with van der Waals surface area (Å²) in [5.74, 6) is 0. The smallest absolute Gasteiger partial charge is 0.340 e. The van der Waals surface area contributed by atoms with Crippen LogP contribution in [-0.4, -0.2) is 70.5 Å². The van der Waals surface area contributed by atoms with Crippen molar-refractivity contribution in [3.8, 4) is 0 Å². The van der Waals surface area contributed by atoms with E-state index in [1.807, 2.05) is 0 Å². The molecule has 18 heavy (non-hydrogen) atoms. The van der Waals surface area contributed by atoms with Crippen molar-refractivity contribution >= 4 is 6.03 Å². The van der Waals surface area contributed by atoms with Crippen molar-refractivity contribution < 1.29 is 24.9 Å². The number of rotatable bonds is 3. The number of ether oxygens (including phenoxy) is 1. The Kier molecular flexibility index (Phi) is 4.96. The summed E-state index contributed by atoms with van der Waals surface area (Å²) in [6, 6.07) is -1.72. The summed E-state index contributed by atoms with van der Waals surface area (Å²) in [7, 11) is 1.15. The number of aliphatic hydroxyl groups excluding tert-OH is 3. The maximum absolute atomic E-state index is 11.4. The molecule has 1 rings (SSSR count). The number of nitrogens with zero attached hydrogens (tertiary/aromatic N) is 2. The maximum atomic E-state index is 11.4. The van der Waals surface area contributed by atoms with E-state index in [2.05, 4.69) is 10.6 Å². The van der Waals surface area contributed by atoms with Gasteiger partial charge in [-0.25, -0.2) is 4.79 Å². The average molecular weight is 263 g/mol. The van der Waals surface area contributed by atoms with E-state index in [0.717, 1.165) is 7.05 Å². The predicted octanol–water partition coefficient (Wildman–Crippen LogP) is -1.82. The molecule has 104 valence electrons. The van der Waals surface area contributed by atoms with Crippen LogP contribution in [0.4, 0.5) is 4.79 Å². The lowest BCUT2D eigenvalue weighted by molar-refractivity contribution is -0.187. The van der Waals surface area contributed by atoms with Gasteiger partial charge in [-0.1, -0.05) is 0 Å². The van der Waals surface area contributed by atoms with Crippen LogP contribution in [0.1, 0.15) is 6.92 Å². The zero-order valence-electron chi connectivity index (χ0n) is 10.1. The molecule has 9 nitrogen and oxygen atoms in total. The molecule has 0 aliphatic carbocycles. The number of nitrogens with one attached hydrogen (secondary N) is 1. The van der Waals surface area contributed by atoms with Gasteiger partial charge in [-0.15, -0.1) is 4.91 Å². The molecule has 1 heterocycles. The highest BCUT2D eigenvalue weighted by Crippen LogP contribution is 2.20. The zero-order chi connectivity index (χ0) is 13.9. The predicted molar refractivity (Wildman–Crippen MR) is 59.3 cm³/mol. The first kappa shape index (κ1) is 14.8. The molecule has 1 aliphatic heterocycles. The van der Waals surface area contributed by atoms with Crippen molar-refractivity contribution in [3.05, 3.63) is 4.91 Å². The van der Waals surface area contributed by atoms with Gasteiger partial charge < -0.3 is 25.4 Å². The minimum Gasteiger partial charge on any atom is -0.394 e. The largest absolute Gasteiger partial charge is 0.394 e. The second kappa shape index (κ2) is 6.05. The number of nitroso groups, excluding NO2 is 1. The quantitative estimate of drug-likeness (QED) is 0.350. The van der Waals surface area contributed by atoms with Gasteiger partial charge in [0.2, 0.25) is 0 Å². The molecule has 4 N–H and O–H groups in total. The highest BCUT2D eigenvalue weighted by molar-refractivity contribution is 5.73. The third kappa shape index (κ3) is 2.93. The van der Waals surface area contributed by atoms with E-state index in [1.165, 1.54) is 0 Å². The Hall–Kier alpha value is -1.29. The second-order valence-electron chi connectivity index (χ2n) is 4.12. The fourth-order valence-electron chi connectivity index (χ4n) is 1.78. The minimum atomic E-state index is -1.33. The zero-order valence-corrected chi connectivity index (χ0v) is 10.1. The van der Waals surface area contributed by atoms with Crippen LogP contribution in [0.15, 0.2) is 5.29 Å². The molecule has 0 spiro atoms. The first-order valence-electron chi connectivity index (χ1n) is 5.42. The third-order valence-corrected chi connectivity index (χ3v) is 2.88. The van der Waals surface area contributed by atoms with Crippen LogP contribution in [0.3, 0.4) is 0 Å². The summed E-state index contributed by atoms with van der Waals surface area (Å²) in [6.07, 6.45) is -4.18. The molecule has 5 atom stereocenters. The number of carbonyl (C=O) groups excluding carboxylic acids is 1. The van der Waals surface area contributed by atoms with E-state index in [0.29, 0.717) is 5.01 Å². The molecule has 1 fully saturated rings. The van der Waals surface area contributed by atoms with Crippen molar-refractivity contribution in [2.24, 2.45) is 5.29 Å². The summed E-state index contributed by atoms with van der Waals surface area (Å²) < 4.78 is 5.24. The molecule has 0 bridgehead atoms. The topological polar surface area (TPSA) is 132 Å². The SMILES string of the molecule is C[C@@H]1OC(CO)[C@@H](O)C(O)C1NC(=O)N(C)N=O. The van der Waals surface area contributed by atoms with Crippen LogP contribution in [0.25, 0.3) is 0 Å². The lowest BCUT2D eigenvalue weighted by atomic mass is 9.94. The Labute approximate surface area is 103 Å². The van der Waals surface area contributed by atoms with Crippen molar-refractivity contribution in [2.75, 3.05) is 13.7 Å². The Morgan fingerprint density at radius 3 is 2.56 bits per heavy atom. The number of urea groups is 1. The van der Waals surface area contributed by atoms with Crippen LogP contribution in [-0.2, 0) is 4.74 Å². The summed E-state index contributed by atoms with van der Waals surface area (Å²) in [5, 5.41) is 33.7. The number of carbonyl (C=O) groups is 1. The first-order valence-corrected chi connectivity index (χ1v) is 5.42. The van der Waals surface area contributed by atoms with Crippen LogP contribution in [0, 0.1) is 4.91 Å². The highest BCUT2D eigenvalue weighted by atomic mass is 16.5. The van der Waals surface area contributed by atoms with Crippen molar-refractivity contribution in [2.45, 2.75) is 37.4 Å². The Balaban J connectivity index is 2.71. The number of hydrogen-bond donors (Lipinski definition) is 4. The van der Waals surface area contributed by atoms with E-state index >= 15 is 0 Å². The maximum Gasteiger partial charge on any atom is 0.340 e. The average Bonchev–Trinajstić information content (AvgIpc) is 2.37. The summed E-state index contributed by atoms with van der Waals surface area (Å²) in [6.45, 7) is 1.12. The first-order chi connectivity index (χ1) is 8.42. The van der Waals surface area contributed by atoms with E-state index < -0.39 is 43.1 Å². The van der Waals surface area contributed by atoms with E-state index in [4.69, 9.17) is 9.84 Å². The minimum absolute atomic E-state index is 0.445. The second-order valence-corrected chi connectivity index (χ2v) is 4.12. The van der Waals surface area contributed by atoms with Gasteiger partial charge >= 0.3 is 6.03 Å². The fraction of sp³-hybridized carbons (Fsp3) is 0.889. The molecular weight excluding hydrogens is 246 g/mol. The van der Waals surface area contributed by atoms with Gasteiger partial charge in [-0.3, -0.25) is 0 Å². The molecule has 1 saturated heterocycles. The molecule has 9 heteroatoms. The Bertz CT molecular complexity index is 315. The Morgan fingerprint density at radius 1 is 1.44 bits per heavy atom. The number of aliphatic hydroxyl groups is 3. The lowest BCUT2D eigenvalue weighted by Crippen LogP contribution is -2.64. The fourth-order valence-corrected chi connectivity index (χ4v) is 1.78. The van der Waals surface area contributed by atoms with Gasteiger partial charge in [0, 0.05) is 7.05 Å². The van der Waals surface area contributed by atoms with Gasteiger partial charge in [-0.05, 0) is 6.92 Å². The molecule has 0 radical (unpaired) electrons. The van der Waals surface area contributed by atoms with Gasteiger partial charge in [0.1, 0.15) is 18.3 Å². The summed E-state index contributed by atoms with van der Waals surface area (Å²) in [5.41, 5.74) is 0. The molecule has 0 aromatic carbocycles. The molecule has 3 unspecified atom stereocenters. The molecule has 1 aliphatic rings. The Morgan fingerprint density at radius 2 is 2.06 bits per heavy atom. The molecule has 0 saturated carbocycles.